The molecule has 2 nitrogen and oxygen atoms in total. The van der Waals surface area contributed by atoms with Gasteiger partial charge in [-0.25, -0.2) is 26.3 Å². The third-order valence-electron chi connectivity index (χ3n) is 6.55. The van der Waals surface area contributed by atoms with E-state index in [0.29, 0.717) is 18.9 Å². The Morgan fingerprint density at radius 3 is 1.70 bits per heavy atom. The average Bonchev–Trinajstić information content (AvgIpc) is 2.81. The van der Waals surface area contributed by atoms with E-state index in [2.05, 4.69) is 4.74 Å². The third-order valence-corrected chi connectivity index (χ3v) is 6.55. The van der Waals surface area contributed by atoms with E-state index in [9.17, 15) is 48.3 Å². The molecule has 0 amide bonds. The molecule has 216 valence electrons. The van der Waals surface area contributed by atoms with Crippen molar-refractivity contribution in [2.45, 2.75) is 44.6 Å². The maximum absolute atomic E-state index is 14.9. The molecule has 0 aromatic heterocycles. The minimum Gasteiger partial charge on any atom is -0.429 e. The van der Waals surface area contributed by atoms with Gasteiger partial charge in [0.05, 0.1) is 18.3 Å². The van der Waals surface area contributed by atoms with Crippen molar-refractivity contribution in [1.82, 2.24) is 0 Å². The summed E-state index contributed by atoms with van der Waals surface area (Å²) in [6.07, 6.45) is -9.03. The van der Waals surface area contributed by atoms with Gasteiger partial charge in [-0.15, -0.1) is 0 Å². The monoisotopic (exact) mass is 584 g/mol. The summed E-state index contributed by atoms with van der Waals surface area (Å²) in [5, 5.41) is 0. The topological polar surface area (TPSA) is 18.5 Å². The third kappa shape index (κ3) is 5.89. The zero-order chi connectivity index (χ0) is 29.6. The number of halogens is 11. The highest BCUT2D eigenvalue weighted by Gasteiger charge is 2.43. The van der Waals surface area contributed by atoms with E-state index in [1.165, 1.54) is 0 Å². The van der Waals surface area contributed by atoms with Crippen LogP contribution in [0.15, 0.2) is 36.4 Å². The van der Waals surface area contributed by atoms with Gasteiger partial charge in [0.15, 0.2) is 0 Å². The second-order valence-electron chi connectivity index (χ2n) is 9.23. The minimum absolute atomic E-state index is 0.141. The van der Waals surface area contributed by atoms with Crippen LogP contribution in [0.2, 0.25) is 0 Å². The van der Waals surface area contributed by atoms with Crippen molar-refractivity contribution in [3.63, 3.8) is 0 Å². The maximum Gasteiger partial charge on any atom is 0.432 e. The Hall–Kier alpha value is -3.35. The molecule has 0 radical (unpaired) electrons. The molecule has 1 aliphatic heterocycles. The molecule has 3 aromatic rings. The molecule has 0 bridgehead atoms. The van der Waals surface area contributed by atoms with Gasteiger partial charge in [-0.2, -0.15) is 22.0 Å². The van der Waals surface area contributed by atoms with Crippen LogP contribution < -0.4 is 4.74 Å². The molecule has 1 fully saturated rings. The van der Waals surface area contributed by atoms with Crippen molar-refractivity contribution < 1.29 is 57.8 Å². The summed E-state index contributed by atoms with van der Waals surface area (Å²) in [6, 6.07) is 1.71. The Bertz CT molecular complexity index is 1340. The summed E-state index contributed by atoms with van der Waals surface area (Å²) in [6.45, 7) is 2.36. The summed E-state index contributed by atoms with van der Waals surface area (Å²) in [5.74, 6) is -12.5. The first kappa shape index (κ1) is 29.6. The van der Waals surface area contributed by atoms with E-state index in [-0.39, 0.29) is 29.8 Å². The first-order chi connectivity index (χ1) is 18.6. The molecule has 40 heavy (non-hydrogen) atoms. The number of ether oxygens (including phenoxy) is 2. The van der Waals surface area contributed by atoms with Gasteiger partial charge in [0.1, 0.15) is 51.8 Å². The van der Waals surface area contributed by atoms with Crippen LogP contribution in [-0.4, -0.2) is 6.61 Å². The smallest absolute Gasteiger partial charge is 0.429 e. The Balaban J connectivity index is 1.64. The fourth-order valence-electron chi connectivity index (χ4n) is 4.52. The average molecular weight is 584 g/mol. The number of hydrogen-bond donors (Lipinski definition) is 0. The van der Waals surface area contributed by atoms with Crippen LogP contribution in [0.5, 0.6) is 5.75 Å². The molecule has 3 aromatic carbocycles. The molecule has 2 unspecified atom stereocenters. The fourth-order valence-corrected chi connectivity index (χ4v) is 4.52. The Kier molecular flexibility index (Phi) is 8.08. The van der Waals surface area contributed by atoms with E-state index < -0.39 is 81.3 Å². The van der Waals surface area contributed by atoms with Crippen LogP contribution >= 0.6 is 0 Å². The lowest BCUT2D eigenvalue weighted by Crippen LogP contribution is -2.25. The van der Waals surface area contributed by atoms with Crippen molar-refractivity contribution in [2.75, 3.05) is 6.61 Å². The van der Waals surface area contributed by atoms with Crippen molar-refractivity contribution >= 4 is 0 Å². The molecule has 13 heteroatoms. The van der Waals surface area contributed by atoms with Crippen LogP contribution in [0.1, 0.15) is 49.0 Å². The minimum atomic E-state index is -5.51. The van der Waals surface area contributed by atoms with Gasteiger partial charge < -0.3 is 9.47 Å². The zero-order valence-corrected chi connectivity index (χ0v) is 20.4. The van der Waals surface area contributed by atoms with E-state index in [1.54, 1.807) is 0 Å². The van der Waals surface area contributed by atoms with Gasteiger partial charge >= 0.3 is 12.3 Å². The highest BCUT2D eigenvalue weighted by molar-refractivity contribution is 5.66. The summed E-state index contributed by atoms with van der Waals surface area (Å²) in [5.41, 5.74) is -6.08. The molecule has 1 aliphatic rings. The SMILES string of the molecule is CCC1CCC(c2cc(F)c(-c3cc(F)c(C(F)(F)Oc4cc(F)c(C(F)(F)F)c(F)c4)c(F)c3)c(F)c2)OC1. The van der Waals surface area contributed by atoms with Gasteiger partial charge in [-0.3, -0.25) is 0 Å². The molecule has 0 saturated carbocycles. The van der Waals surface area contributed by atoms with Crippen LogP contribution in [0, 0.1) is 40.8 Å². The second kappa shape index (κ2) is 10.9. The molecule has 0 spiro atoms. The normalized spacial score (nSPS) is 18.2. The predicted octanol–water partition coefficient (Wildman–Crippen LogP) is 9.21. The van der Waals surface area contributed by atoms with Crippen LogP contribution in [0.25, 0.3) is 11.1 Å². The summed E-state index contributed by atoms with van der Waals surface area (Å²) >= 11 is 0. The summed E-state index contributed by atoms with van der Waals surface area (Å²) in [4.78, 5) is 0. The Morgan fingerprint density at radius 2 is 1.25 bits per heavy atom. The zero-order valence-electron chi connectivity index (χ0n) is 20.4. The fraction of sp³-hybridized carbons (Fsp3) is 0.333. The lowest BCUT2D eigenvalue weighted by molar-refractivity contribution is -0.189. The van der Waals surface area contributed by atoms with Crippen molar-refractivity contribution in [3.05, 3.63) is 88.0 Å². The first-order valence-electron chi connectivity index (χ1n) is 11.9. The standard InChI is InChI=1S/C27H19F11O2/c1-2-12-3-4-22(39-11-12)13-5-16(28)23(17(29)6-13)14-7-18(30)25(19(31)8-14)27(37,38)40-15-9-20(32)24(21(33)10-15)26(34,35)36/h5-10,12,22H,2-4,11H2,1H3. The second-order valence-corrected chi connectivity index (χ2v) is 9.23. The lowest BCUT2D eigenvalue weighted by atomic mass is 9.92. The quantitative estimate of drug-likeness (QED) is 0.269. The molecule has 0 N–H and O–H groups in total. The van der Waals surface area contributed by atoms with E-state index >= 15 is 0 Å². The summed E-state index contributed by atoms with van der Waals surface area (Å²) in [7, 11) is 0. The molecule has 2 atom stereocenters. The van der Waals surface area contributed by atoms with Crippen LogP contribution in [0.4, 0.5) is 48.3 Å². The Labute approximate surface area is 220 Å². The highest BCUT2D eigenvalue weighted by atomic mass is 19.4. The van der Waals surface area contributed by atoms with E-state index in [1.807, 2.05) is 6.92 Å². The number of alkyl halides is 5. The lowest BCUT2D eigenvalue weighted by Gasteiger charge is -2.29. The molecular formula is C27H19F11O2. The van der Waals surface area contributed by atoms with E-state index in [4.69, 9.17) is 4.74 Å². The highest BCUT2D eigenvalue weighted by Crippen LogP contribution is 2.41. The molecular weight excluding hydrogens is 565 g/mol. The van der Waals surface area contributed by atoms with Crippen LogP contribution in [-0.2, 0) is 17.0 Å². The van der Waals surface area contributed by atoms with Gasteiger partial charge in [0.2, 0.25) is 0 Å². The van der Waals surface area contributed by atoms with Crippen molar-refractivity contribution in [3.8, 4) is 16.9 Å². The molecule has 4 rings (SSSR count). The molecule has 1 heterocycles. The van der Waals surface area contributed by atoms with Crippen molar-refractivity contribution in [1.29, 1.82) is 0 Å². The largest absolute Gasteiger partial charge is 0.432 e. The van der Waals surface area contributed by atoms with Crippen molar-refractivity contribution in [2.24, 2.45) is 5.92 Å². The first-order valence-corrected chi connectivity index (χ1v) is 11.9. The van der Waals surface area contributed by atoms with E-state index in [0.717, 1.165) is 25.0 Å². The molecule has 0 aliphatic carbocycles. The number of hydrogen-bond acceptors (Lipinski definition) is 2. The molecule has 1 saturated heterocycles. The predicted molar refractivity (Wildman–Crippen MR) is 119 cm³/mol. The van der Waals surface area contributed by atoms with Gasteiger partial charge in [-0.1, -0.05) is 13.3 Å². The van der Waals surface area contributed by atoms with Gasteiger partial charge in [0.25, 0.3) is 0 Å². The number of rotatable bonds is 6. The Morgan fingerprint density at radius 1 is 0.725 bits per heavy atom. The van der Waals surface area contributed by atoms with Crippen LogP contribution in [0.3, 0.4) is 0 Å². The maximum atomic E-state index is 14.9. The summed E-state index contributed by atoms with van der Waals surface area (Å²) < 4.78 is 164. The number of benzene rings is 3. The van der Waals surface area contributed by atoms with Gasteiger partial charge in [-0.05, 0) is 54.2 Å². The van der Waals surface area contributed by atoms with Gasteiger partial charge in [0, 0.05) is 12.1 Å².